The van der Waals surface area contributed by atoms with Gasteiger partial charge in [-0.3, -0.25) is 0 Å². The molecular weight excluding hydrogens is 172 g/mol. The van der Waals surface area contributed by atoms with Crippen LogP contribution in [0, 0.1) is 23.2 Å². The van der Waals surface area contributed by atoms with Crippen molar-refractivity contribution in [1.29, 1.82) is 0 Å². The quantitative estimate of drug-likeness (QED) is 0.693. The first-order valence-electron chi connectivity index (χ1n) is 5.90. The van der Waals surface area contributed by atoms with Crippen LogP contribution in [0.1, 0.15) is 54.4 Å². The Morgan fingerprint density at radius 1 is 1.07 bits per heavy atom. The Bertz CT molecular complexity index is 147. The second-order valence-corrected chi connectivity index (χ2v) is 6.03. The highest BCUT2D eigenvalue weighted by Gasteiger charge is 2.26. The fraction of sp³-hybridized carbons (Fsp3) is 1.00. The molecule has 0 amide bonds. The minimum Gasteiger partial charge on any atom is -0.396 e. The molecule has 0 bridgehead atoms. The van der Waals surface area contributed by atoms with E-state index in [1.807, 2.05) is 0 Å². The van der Waals surface area contributed by atoms with E-state index in [4.69, 9.17) is 0 Å². The third-order valence-corrected chi connectivity index (χ3v) is 3.44. The maximum absolute atomic E-state index is 9.32. The summed E-state index contributed by atoms with van der Waals surface area (Å²) < 4.78 is 0. The van der Waals surface area contributed by atoms with Gasteiger partial charge in [-0.2, -0.15) is 0 Å². The Morgan fingerprint density at radius 2 is 1.57 bits per heavy atom. The normalized spacial score (nSPS) is 15.2. The molecule has 14 heavy (non-hydrogen) atoms. The molecule has 0 rings (SSSR count). The molecule has 0 radical (unpaired) electrons. The molecule has 1 N–H and O–H groups in total. The average molecular weight is 200 g/mol. The first-order valence-corrected chi connectivity index (χ1v) is 5.90. The predicted molar refractivity (Wildman–Crippen MR) is 63.3 cm³/mol. The first kappa shape index (κ1) is 14.0. The Hall–Kier alpha value is -0.0400. The molecule has 0 aromatic carbocycles. The maximum atomic E-state index is 9.32. The lowest BCUT2D eigenvalue weighted by molar-refractivity contribution is 0.123. The lowest BCUT2D eigenvalue weighted by Crippen LogP contribution is -2.25. The molecule has 0 saturated carbocycles. The van der Waals surface area contributed by atoms with Gasteiger partial charge < -0.3 is 5.11 Å². The summed E-state index contributed by atoms with van der Waals surface area (Å²) in [4.78, 5) is 0. The Balaban J connectivity index is 4.16. The minimum absolute atomic E-state index is 0.342. The van der Waals surface area contributed by atoms with Gasteiger partial charge in [0, 0.05) is 6.61 Å². The molecule has 0 fully saturated rings. The molecule has 0 heterocycles. The van der Waals surface area contributed by atoms with Gasteiger partial charge in [0.15, 0.2) is 0 Å². The zero-order chi connectivity index (χ0) is 11.4. The number of aliphatic hydroxyl groups excluding tert-OH is 1. The van der Waals surface area contributed by atoms with E-state index in [9.17, 15) is 5.11 Å². The van der Waals surface area contributed by atoms with E-state index in [0.717, 1.165) is 12.8 Å². The number of aliphatic hydroxyl groups is 1. The van der Waals surface area contributed by atoms with Crippen LogP contribution in [0.15, 0.2) is 0 Å². The zero-order valence-corrected chi connectivity index (χ0v) is 10.8. The lowest BCUT2D eigenvalue weighted by Gasteiger charge is -2.33. The van der Waals surface area contributed by atoms with Crippen molar-refractivity contribution >= 4 is 0 Å². The molecule has 0 saturated heterocycles. The smallest absolute Gasteiger partial charge is 0.0459 e. The average Bonchev–Trinajstić information content (AvgIpc) is 2.01. The maximum Gasteiger partial charge on any atom is 0.0459 e. The molecule has 1 unspecified atom stereocenters. The van der Waals surface area contributed by atoms with Gasteiger partial charge in [0.25, 0.3) is 0 Å². The monoisotopic (exact) mass is 200 g/mol. The van der Waals surface area contributed by atoms with E-state index >= 15 is 0 Å². The second-order valence-electron chi connectivity index (χ2n) is 6.03. The summed E-state index contributed by atoms with van der Waals surface area (Å²) in [5, 5.41) is 9.32. The molecule has 0 spiro atoms. The van der Waals surface area contributed by atoms with E-state index < -0.39 is 0 Å². The summed E-state index contributed by atoms with van der Waals surface area (Å²) in [5.74, 6) is 1.85. The summed E-state index contributed by atoms with van der Waals surface area (Å²) in [5.41, 5.74) is 0.349. The van der Waals surface area contributed by atoms with E-state index in [1.165, 1.54) is 0 Å². The summed E-state index contributed by atoms with van der Waals surface area (Å²) in [7, 11) is 0. The van der Waals surface area contributed by atoms with Crippen molar-refractivity contribution < 1.29 is 5.11 Å². The van der Waals surface area contributed by atoms with E-state index in [-0.39, 0.29) is 0 Å². The molecule has 1 nitrogen and oxygen atoms in total. The predicted octanol–water partition coefficient (Wildman–Crippen LogP) is 3.71. The van der Waals surface area contributed by atoms with Crippen LogP contribution in [-0.2, 0) is 0 Å². The lowest BCUT2D eigenvalue weighted by atomic mass is 9.73. The SMILES string of the molecule is CC(C)CC(CO)CC(C)(C)C(C)C. The molecule has 1 atom stereocenters. The van der Waals surface area contributed by atoms with Gasteiger partial charge in [-0.05, 0) is 36.0 Å². The molecular formula is C13H28O. The molecule has 0 aliphatic rings. The Kier molecular flexibility index (Phi) is 5.73. The van der Waals surface area contributed by atoms with E-state index in [1.54, 1.807) is 0 Å². The van der Waals surface area contributed by atoms with E-state index in [2.05, 4.69) is 41.5 Å². The standard InChI is InChI=1S/C13H28O/c1-10(2)7-12(9-14)8-13(5,6)11(3)4/h10-12,14H,7-9H2,1-6H3. The van der Waals surface area contributed by atoms with E-state index in [0.29, 0.717) is 29.8 Å². The zero-order valence-electron chi connectivity index (χ0n) is 10.8. The summed E-state index contributed by atoms with van der Waals surface area (Å²) in [6.07, 6.45) is 2.28. The minimum atomic E-state index is 0.342. The summed E-state index contributed by atoms with van der Waals surface area (Å²) >= 11 is 0. The molecule has 0 aliphatic carbocycles. The fourth-order valence-electron chi connectivity index (χ4n) is 1.87. The van der Waals surface area contributed by atoms with Crippen LogP contribution in [0.3, 0.4) is 0 Å². The second kappa shape index (κ2) is 5.75. The van der Waals surface area contributed by atoms with Crippen molar-refractivity contribution in [2.75, 3.05) is 6.61 Å². The summed E-state index contributed by atoms with van der Waals surface area (Å²) in [6.45, 7) is 13.9. The van der Waals surface area contributed by atoms with Gasteiger partial charge in [0.1, 0.15) is 0 Å². The third kappa shape index (κ3) is 4.99. The van der Waals surface area contributed by atoms with Crippen LogP contribution in [0.2, 0.25) is 0 Å². The van der Waals surface area contributed by atoms with Gasteiger partial charge >= 0.3 is 0 Å². The van der Waals surface area contributed by atoms with Crippen molar-refractivity contribution in [3.05, 3.63) is 0 Å². The Morgan fingerprint density at radius 3 is 1.86 bits per heavy atom. The van der Waals surface area contributed by atoms with Crippen molar-refractivity contribution in [2.24, 2.45) is 23.2 Å². The Labute approximate surface area is 89.9 Å². The molecule has 0 aliphatic heterocycles. The fourth-order valence-corrected chi connectivity index (χ4v) is 1.87. The van der Waals surface area contributed by atoms with Gasteiger partial charge in [-0.1, -0.05) is 41.5 Å². The molecule has 86 valence electrons. The summed E-state index contributed by atoms with van der Waals surface area (Å²) in [6, 6.07) is 0. The van der Waals surface area contributed by atoms with Crippen molar-refractivity contribution in [3.8, 4) is 0 Å². The van der Waals surface area contributed by atoms with Gasteiger partial charge in [0.05, 0.1) is 0 Å². The van der Waals surface area contributed by atoms with Crippen LogP contribution in [0.4, 0.5) is 0 Å². The van der Waals surface area contributed by atoms with Crippen LogP contribution in [0.25, 0.3) is 0 Å². The highest BCUT2D eigenvalue weighted by molar-refractivity contribution is 4.76. The topological polar surface area (TPSA) is 20.2 Å². The van der Waals surface area contributed by atoms with Crippen LogP contribution in [0.5, 0.6) is 0 Å². The van der Waals surface area contributed by atoms with Crippen LogP contribution >= 0.6 is 0 Å². The molecule has 1 heteroatoms. The van der Waals surface area contributed by atoms with Crippen molar-refractivity contribution in [1.82, 2.24) is 0 Å². The largest absolute Gasteiger partial charge is 0.396 e. The molecule has 0 aromatic heterocycles. The number of hydrogen-bond donors (Lipinski definition) is 1. The van der Waals surface area contributed by atoms with Crippen LogP contribution < -0.4 is 0 Å². The van der Waals surface area contributed by atoms with Crippen molar-refractivity contribution in [3.63, 3.8) is 0 Å². The highest BCUT2D eigenvalue weighted by atomic mass is 16.3. The van der Waals surface area contributed by atoms with Gasteiger partial charge in [-0.25, -0.2) is 0 Å². The van der Waals surface area contributed by atoms with Gasteiger partial charge in [-0.15, -0.1) is 0 Å². The molecule has 0 aromatic rings. The number of rotatable bonds is 6. The van der Waals surface area contributed by atoms with Gasteiger partial charge in [0.2, 0.25) is 0 Å². The number of hydrogen-bond acceptors (Lipinski definition) is 1. The first-order chi connectivity index (χ1) is 6.29. The highest BCUT2D eigenvalue weighted by Crippen LogP contribution is 2.35. The van der Waals surface area contributed by atoms with Crippen molar-refractivity contribution in [2.45, 2.75) is 54.4 Å². The third-order valence-electron chi connectivity index (χ3n) is 3.44. The van der Waals surface area contributed by atoms with Crippen LogP contribution in [-0.4, -0.2) is 11.7 Å².